The molecule has 0 aromatic heterocycles. The van der Waals surface area contributed by atoms with Gasteiger partial charge in [0, 0.05) is 34.7 Å². The third-order valence-electron chi connectivity index (χ3n) is 8.59. The van der Waals surface area contributed by atoms with Crippen LogP contribution in [0.4, 0.5) is 0 Å². The predicted molar refractivity (Wildman–Crippen MR) is 186 cm³/mol. The summed E-state index contributed by atoms with van der Waals surface area (Å²) < 4.78 is 0. The van der Waals surface area contributed by atoms with Crippen molar-refractivity contribution in [2.24, 2.45) is 9.98 Å². The number of nitrogens with zero attached hydrogens (tertiary/aromatic N) is 2. The van der Waals surface area contributed by atoms with Crippen LogP contribution in [0.25, 0.3) is 22.3 Å². The second-order valence-electron chi connectivity index (χ2n) is 14.1. The van der Waals surface area contributed by atoms with Crippen molar-refractivity contribution in [3.8, 4) is 33.8 Å². The van der Waals surface area contributed by atoms with Gasteiger partial charge in [0.1, 0.15) is 11.5 Å². The van der Waals surface area contributed by atoms with E-state index < -0.39 is 0 Å². The van der Waals surface area contributed by atoms with Crippen LogP contribution >= 0.6 is 0 Å². The summed E-state index contributed by atoms with van der Waals surface area (Å²) in [7, 11) is 0. The highest BCUT2D eigenvalue weighted by molar-refractivity contribution is 5.89. The first kappa shape index (κ1) is 31.3. The van der Waals surface area contributed by atoms with Gasteiger partial charge in [-0.3, -0.25) is 9.98 Å². The molecule has 1 aliphatic carbocycles. The van der Waals surface area contributed by atoms with E-state index in [1.807, 2.05) is 61.0 Å². The molecule has 0 bridgehead atoms. The number of phenols is 2. The van der Waals surface area contributed by atoms with Crippen LogP contribution in [-0.4, -0.2) is 34.7 Å². The minimum absolute atomic E-state index is 0.0131. The van der Waals surface area contributed by atoms with Gasteiger partial charge in [-0.25, -0.2) is 0 Å². The smallest absolute Gasteiger partial charge is 0.128 e. The number of aromatic hydroxyl groups is 2. The Labute approximate surface area is 263 Å². The van der Waals surface area contributed by atoms with Crippen molar-refractivity contribution < 1.29 is 10.2 Å². The van der Waals surface area contributed by atoms with E-state index in [9.17, 15) is 10.2 Å². The third kappa shape index (κ3) is 6.80. The van der Waals surface area contributed by atoms with Crippen molar-refractivity contribution in [2.75, 3.05) is 0 Å². The molecule has 0 aliphatic heterocycles. The van der Waals surface area contributed by atoms with Gasteiger partial charge in [-0.15, -0.1) is 0 Å². The molecule has 4 aromatic carbocycles. The zero-order chi connectivity index (χ0) is 31.5. The van der Waals surface area contributed by atoms with Crippen LogP contribution in [-0.2, 0) is 10.8 Å². The number of hydrogen-bond acceptors (Lipinski definition) is 4. The van der Waals surface area contributed by atoms with Gasteiger partial charge in [-0.2, -0.15) is 0 Å². The first-order valence-electron chi connectivity index (χ1n) is 15.8. The highest BCUT2D eigenvalue weighted by Gasteiger charge is 2.27. The van der Waals surface area contributed by atoms with E-state index in [1.165, 1.54) is 0 Å². The van der Waals surface area contributed by atoms with E-state index in [1.54, 1.807) is 0 Å². The minimum atomic E-state index is -0.249. The standard InChI is InChI=1S/C40H46N2O2/c1-39(2,3)35-31(27-15-9-7-10-16-27)23-21-29(37(35)43)25-41-33-19-13-14-20-34(33)42-26-30-22-24-32(28-17-11-8-12-18-28)36(38(30)44)40(4,5)6/h7-12,15-18,21-26,33-34,43-44H,13-14,19-20H2,1-6H3/t33-,34-/m0/s1. The van der Waals surface area contributed by atoms with Crippen LogP contribution in [0.3, 0.4) is 0 Å². The lowest BCUT2D eigenvalue weighted by molar-refractivity contribution is 0.390. The van der Waals surface area contributed by atoms with E-state index in [0.29, 0.717) is 0 Å². The first-order chi connectivity index (χ1) is 20.9. The average molecular weight is 587 g/mol. The lowest BCUT2D eigenvalue weighted by Gasteiger charge is -2.27. The zero-order valence-electron chi connectivity index (χ0n) is 27.0. The molecule has 2 N–H and O–H groups in total. The van der Waals surface area contributed by atoms with Gasteiger partial charge < -0.3 is 10.2 Å². The maximum atomic E-state index is 11.5. The van der Waals surface area contributed by atoms with E-state index in [2.05, 4.69) is 77.9 Å². The number of phenolic OH excluding ortho intramolecular Hbond substituents is 2. The van der Waals surface area contributed by atoms with Crippen molar-refractivity contribution >= 4 is 12.4 Å². The fraction of sp³-hybridized carbons (Fsp3) is 0.350. The highest BCUT2D eigenvalue weighted by Crippen LogP contribution is 2.42. The summed E-state index contributed by atoms with van der Waals surface area (Å²) in [6, 6.07) is 28.6. The van der Waals surface area contributed by atoms with Gasteiger partial charge in [0.05, 0.1) is 12.1 Å². The Morgan fingerprint density at radius 1 is 0.545 bits per heavy atom. The van der Waals surface area contributed by atoms with Crippen molar-refractivity contribution in [3.05, 3.63) is 107 Å². The Bertz CT molecular complexity index is 1520. The number of rotatable bonds is 6. The SMILES string of the molecule is CC(C)(C)c1c(-c2ccccc2)ccc(C=N[C@H]2CCCC[C@@H]2N=Cc2ccc(-c3ccccc3)c(C(C)(C)C)c2O)c1O. The first-order valence-corrected chi connectivity index (χ1v) is 15.8. The van der Waals surface area contributed by atoms with E-state index in [0.717, 1.165) is 70.2 Å². The topological polar surface area (TPSA) is 65.2 Å². The van der Waals surface area contributed by atoms with Crippen LogP contribution in [0.5, 0.6) is 11.5 Å². The lowest BCUT2D eigenvalue weighted by Crippen LogP contribution is -2.27. The summed E-state index contributed by atoms with van der Waals surface area (Å²) in [5, 5.41) is 23.0. The fourth-order valence-corrected chi connectivity index (χ4v) is 6.45. The Hall–Kier alpha value is -4.18. The third-order valence-corrected chi connectivity index (χ3v) is 8.59. The Morgan fingerprint density at radius 2 is 0.909 bits per heavy atom. The minimum Gasteiger partial charge on any atom is -0.507 e. The number of hydrogen-bond donors (Lipinski definition) is 2. The molecular formula is C40H46N2O2. The van der Waals surface area contributed by atoms with Gasteiger partial charge >= 0.3 is 0 Å². The monoisotopic (exact) mass is 586 g/mol. The van der Waals surface area contributed by atoms with E-state index in [4.69, 9.17) is 9.98 Å². The van der Waals surface area contributed by atoms with Gasteiger partial charge in [0.25, 0.3) is 0 Å². The molecule has 1 fully saturated rings. The molecule has 4 nitrogen and oxygen atoms in total. The summed E-state index contributed by atoms with van der Waals surface area (Å²) in [6.45, 7) is 12.8. The normalized spacial score (nSPS) is 17.9. The number of benzene rings is 4. The van der Waals surface area contributed by atoms with Crippen molar-refractivity contribution in [3.63, 3.8) is 0 Å². The van der Waals surface area contributed by atoms with Crippen molar-refractivity contribution in [2.45, 2.75) is 90.1 Å². The molecule has 4 aromatic rings. The fourth-order valence-electron chi connectivity index (χ4n) is 6.45. The molecule has 2 atom stereocenters. The molecule has 1 saturated carbocycles. The van der Waals surface area contributed by atoms with Crippen LogP contribution in [0, 0.1) is 0 Å². The maximum absolute atomic E-state index is 11.5. The molecule has 0 saturated heterocycles. The molecule has 44 heavy (non-hydrogen) atoms. The van der Waals surface area contributed by atoms with Gasteiger partial charge in [0.2, 0.25) is 0 Å². The summed E-state index contributed by atoms with van der Waals surface area (Å²) in [5.41, 5.74) is 7.08. The summed E-state index contributed by atoms with van der Waals surface area (Å²) in [6.07, 6.45) is 7.76. The average Bonchev–Trinajstić information content (AvgIpc) is 2.99. The zero-order valence-corrected chi connectivity index (χ0v) is 27.0. The van der Waals surface area contributed by atoms with Crippen LogP contribution in [0.1, 0.15) is 89.5 Å². The quantitative estimate of drug-likeness (QED) is 0.221. The predicted octanol–water partition coefficient (Wildman–Crippen LogP) is 9.88. The van der Waals surface area contributed by atoms with Crippen molar-refractivity contribution in [1.29, 1.82) is 0 Å². The molecule has 0 radical (unpaired) electrons. The summed E-state index contributed by atoms with van der Waals surface area (Å²) in [5.74, 6) is 0.577. The van der Waals surface area contributed by atoms with Crippen LogP contribution in [0.2, 0.25) is 0 Å². The van der Waals surface area contributed by atoms with Gasteiger partial charge in [0.15, 0.2) is 0 Å². The molecule has 0 unspecified atom stereocenters. The maximum Gasteiger partial charge on any atom is 0.128 e. The second-order valence-corrected chi connectivity index (χ2v) is 14.1. The molecule has 228 valence electrons. The molecule has 0 spiro atoms. The highest BCUT2D eigenvalue weighted by atomic mass is 16.3. The Balaban J connectivity index is 1.44. The summed E-state index contributed by atoms with van der Waals surface area (Å²) in [4.78, 5) is 10.0. The van der Waals surface area contributed by atoms with Crippen molar-refractivity contribution in [1.82, 2.24) is 0 Å². The molecule has 0 amide bonds. The molecule has 0 heterocycles. The van der Waals surface area contributed by atoms with Crippen LogP contribution in [0.15, 0.2) is 94.9 Å². The number of aliphatic imine (C=N–C) groups is 2. The lowest BCUT2D eigenvalue weighted by atomic mass is 9.80. The largest absolute Gasteiger partial charge is 0.507 e. The Morgan fingerprint density at radius 3 is 1.25 bits per heavy atom. The molecule has 5 rings (SSSR count). The molecule has 4 heteroatoms. The van der Waals surface area contributed by atoms with Gasteiger partial charge in [-0.05, 0) is 58.1 Å². The van der Waals surface area contributed by atoms with E-state index >= 15 is 0 Å². The van der Waals surface area contributed by atoms with Crippen LogP contribution < -0.4 is 0 Å². The van der Waals surface area contributed by atoms with E-state index in [-0.39, 0.29) is 34.4 Å². The molecule has 1 aliphatic rings. The van der Waals surface area contributed by atoms with Gasteiger partial charge in [-0.1, -0.05) is 127 Å². The molecular weight excluding hydrogens is 540 g/mol. The summed E-state index contributed by atoms with van der Waals surface area (Å²) >= 11 is 0. The Kier molecular flexibility index (Phi) is 9.10. The second kappa shape index (κ2) is 12.8.